The Kier molecular flexibility index (Phi) is 6.92. The van der Waals surface area contributed by atoms with E-state index < -0.39 is 0 Å². The monoisotopic (exact) mass is 474 g/mol. The van der Waals surface area contributed by atoms with Crippen molar-refractivity contribution in [3.63, 3.8) is 0 Å². The molecule has 3 heterocycles. The second-order valence-electron chi connectivity index (χ2n) is 9.13. The Morgan fingerprint density at radius 3 is 2.74 bits per heavy atom. The molecule has 35 heavy (non-hydrogen) atoms. The molecule has 0 unspecified atom stereocenters. The summed E-state index contributed by atoms with van der Waals surface area (Å²) >= 11 is 0. The molecule has 1 fully saturated rings. The largest absolute Gasteiger partial charge is 0.491 e. The Morgan fingerprint density at radius 1 is 1.09 bits per heavy atom. The average Bonchev–Trinajstić information content (AvgIpc) is 3.08. The highest BCUT2D eigenvalue weighted by Gasteiger charge is 2.14. The second-order valence-corrected chi connectivity index (χ2v) is 9.13. The number of aromatic nitrogens is 3. The van der Waals surface area contributed by atoms with Crippen LogP contribution in [0, 0.1) is 5.82 Å². The van der Waals surface area contributed by atoms with Crippen LogP contribution in [0.15, 0.2) is 60.9 Å². The van der Waals surface area contributed by atoms with Gasteiger partial charge in [0.25, 0.3) is 0 Å². The molecule has 1 aliphatic heterocycles. The Balaban J connectivity index is 1.35. The van der Waals surface area contributed by atoms with Gasteiger partial charge < -0.3 is 19.9 Å². The smallest absolute Gasteiger partial charge is 0.229 e. The van der Waals surface area contributed by atoms with Crippen molar-refractivity contribution in [3.8, 4) is 11.4 Å². The Labute approximate surface area is 205 Å². The van der Waals surface area contributed by atoms with E-state index in [0.29, 0.717) is 23.7 Å². The van der Waals surface area contributed by atoms with E-state index in [0.717, 1.165) is 55.1 Å². The summed E-state index contributed by atoms with van der Waals surface area (Å²) in [6.45, 7) is 8.50. The molecule has 0 atom stereocenters. The minimum atomic E-state index is -0.197. The van der Waals surface area contributed by atoms with Gasteiger partial charge in [-0.25, -0.2) is 9.37 Å². The topological polar surface area (TPSA) is 67.2 Å². The lowest BCUT2D eigenvalue weighted by atomic mass is 10.1. The first-order chi connectivity index (χ1) is 17.0. The normalized spacial score (nSPS) is 14.9. The van der Waals surface area contributed by atoms with Crippen LogP contribution < -0.4 is 15.4 Å². The Morgan fingerprint density at radius 2 is 1.94 bits per heavy atom. The first-order valence-corrected chi connectivity index (χ1v) is 12.1. The maximum absolute atomic E-state index is 15.1. The number of nitrogens with zero attached hydrogens (tertiary/aromatic N) is 4. The summed E-state index contributed by atoms with van der Waals surface area (Å²) in [5.74, 6) is 1.09. The van der Waals surface area contributed by atoms with E-state index >= 15 is 4.39 Å². The lowest BCUT2D eigenvalue weighted by Gasteiger charge is -2.20. The Hall–Kier alpha value is -3.49. The van der Waals surface area contributed by atoms with Crippen LogP contribution in [0.25, 0.3) is 16.7 Å². The molecule has 2 aromatic heterocycles. The Bertz CT molecular complexity index is 1280. The van der Waals surface area contributed by atoms with Gasteiger partial charge in [-0.1, -0.05) is 6.07 Å². The van der Waals surface area contributed by atoms with E-state index in [9.17, 15) is 0 Å². The van der Waals surface area contributed by atoms with Crippen LogP contribution >= 0.6 is 0 Å². The zero-order chi connectivity index (χ0) is 24.2. The summed E-state index contributed by atoms with van der Waals surface area (Å²) in [7, 11) is 0. The van der Waals surface area contributed by atoms with E-state index in [1.165, 1.54) is 0 Å². The van der Waals surface area contributed by atoms with Crippen molar-refractivity contribution in [3.05, 3.63) is 72.3 Å². The molecule has 1 saturated heterocycles. The summed E-state index contributed by atoms with van der Waals surface area (Å²) < 4.78 is 22.7. The highest BCUT2D eigenvalue weighted by Crippen LogP contribution is 2.24. The molecule has 0 amide bonds. The van der Waals surface area contributed by atoms with E-state index in [-0.39, 0.29) is 11.9 Å². The van der Waals surface area contributed by atoms with Gasteiger partial charge in [0.05, 0.1) is 6.10 Å². The number of halogens is 1. The predicted octanol–water partition coefficient (Wildman–Crippen LogP) is 4.89. The van der Waals surface area contributed by atoms with Crippen LogP contribution in [0.3, 0.4) is 0 Å². The lowest BCUT2D eigenvalue weighted by molar-refractivity contribution is 0.242. The van der Waals surface area contributed by atoms with E-state index in [2.05, 4.69) is 20.5 Å². The molecule has 2 N–H and O–H groups in total. The minimum absolute atomic E-state index is 0.123. The van der Waals surface area contributed by atoms with Crippen LogP contribution in [-0.4, -0.2) is 51.7 Å². The number of anilines is 2. The highest BCUT2D eigenvalue weighted by molar-refractivity contribution is 5.78. The van der Waals surface area contributed by atoms with Crippen molar-refractivity contribution in [1.29, 1.82) is 0 Å². The molecule has 8 heteroatoms. The van der Waals surface area contributed by atoms with Crippen LogP contribution in [0.2, 0.25) is 0 Å². The van der Waals surface area contributed by atoms with Crippen molar-refractivity contribution < 1.29 is 9.13 Å². The van der Waals surface area contributed by atoms with Gasteiger partial charge in [0, 0.05) is 54.4 Å². The standard InChI is InChI=1S/C27H31FN6O/c1-19(2)35-24-8-5-22(6-9-24)31-27-30-17-20-10-14-34(26(20)32-27)23-7-4-21(25(28)16-23)18-33-13-3-11-29-12-15-33/h4-10,14,16-17,19,29H,3,11-13,15,18H2,1-2H3,(H,30,31,32). The van der Waals surface area contributed by atoms with E-state index in [4.69, 9.17) is 9.72 Å². The first kappa shape index (κ1) is 23.3. The van der Waals surface area contributed by atoms with Crippen LogP contribution in [0.1, 0.15) is 25.8 Å². The maximum Gasteiger partial charge on any atom is 0.229 e. The van der Waals surface area contributed by atoms with E-state index in [1.807, 2.05) is 67.1 Å². The van der Waals surface area contributed by atoms with Crippen molar-refractivity contribution >= 4 is 22.7 Å². The molecule has 0 saturated carbocycles. The highest BCUT2D eigenvalue weighted by atomic mass is 19.1. The molecule has 5 rings (SSSR count). The minimum Gasteiger partial charge on any atom is -0.491 e. The van der Waals surface area contributed by atoms with Gasteiger partial charge >= 0.3 is 0 Å². The lowest BCUT2D eigenvalue weighted by Crippen LogP contribution is -2.28. The number of fused-ring (bicyclic) bond motifs is 1. The first-order valence-electron chi connectivity index (χ1n) is 12.1. The molecule has 0 spiro atoms. The second kappa shape index (κ2) is 10.4. The number of rotatable bonds is 7. The summed E-state index contributed by atoms with van der Waals surface area (Å²) in [6, 6.07) is 15.1. The number of hydrogen-bond acceptors (Lipinski definition) is 6. The van der Waals surface area contributed by atoms with Gasteiger partial charge in [-0.05, 0) is 75.8 Å². The predicted molar refractivity (Wildman–Crippen MR) is 137 cm³/mol. The summed E-state index contributed by atoms with van der Waals surface area (Å²) in [4.78, 5) is 11.4. The van der Waals surface area contributed by atoms with Crippen molar-refractivity contribution in [1.82, 2.24) is 24.8 Å². The van der Waals surface area contributed by atoms with Gasteiger partial charge in [-0.2, -0.15) is 4.98 Å². The molecule has 0 bridgehead atoms. The fraction of sp³-hybridized carbons (Fsp3) is 0.333. The van der Waals surface area contributed by atoms with Gasteiger partial charge in [0.2, 0.25) is 5.95 Å². The summed E-state index contributed by atoms with van der Waals surface area (Å²) in [5.41, 5.74) is 3.03. The quantitative estimate of drug-likeness (QED) is 0.398. The third-order valence-electron chi connectivity index (χ3n) is 6.05. The summed E-state index contributed by atoms with van der Waals surface area (Å²) in [5, 5.41) is 7.52. The van der Waals surface area contributed by atoms with Gasteiger partial charge in [-0.15, -0.1) is 0 Å². The summed E-state index contributed by atoms with van der Waals surface area (Å²) in [6.07, 6.45) is 4.88. The van der Waals surface area contributed by atoms with Gasteiger partial charge in [0.1, 0.15) is 17.2 Å². The molecule has 0 radical (unpaired) electrons. The SMILES string of the molecule is CC(C)Oc1ccc(Nc2ncc3ccn(-c4ccc(CN5CCCNCC5)c(F)c4)c3n2)cc1. The van der Waals surface area contributed by atoms with Crippen LogP contribution in [-0.2, 0) is 6.54 Å². The number of hydrogen-bond donors (Lipinski definition) is 2. The average molecular weight is 475 g/mol. The van der Waals surface area contributed by atoms with Crippen molar-refractivity contribution in [2.45, 2.75) is 32.9 Å². The van der Waals surface area contributed by atoms with Crippen LogP contribution in [0.5, 0.6) is 5.75 Å². The molecular formula is C27H31FN6O. The van der Waals surface area contributed by atoms with Gasteiger partial charge in [-0.3, -0.25) is 4.90 Å². The fourth-order valence-corrected chi connectivity index (χ4v) is 4.32. The molecular weight excluding hydrogens is 443 g/mol. The van der Waals surface area contributed by atoms with Crippen LogP contribution in [0.4, 0.5) is 16.0 Å². The zero-order valence-electron chi connectivity index (χ0n) is 20.2. The third kappa shape index (κ3) is 5.61. The molecule has 4 aromatic rings. The molecule has 1 aliphatic rings. The van der Waals surface area contributed by atoms with Gasteiger partial charge in [0.15, 0.2) is 0 Å². The third-order valence-corrected chi connectivity index (χ3v) is 6.05. The van der Waals surface area contributed by atoms with Crippen molar-refractivity contribution in [2.24, 2.45) is 0 Å². The number of benzene rings is 2. The zero-order valence-corrected chi connectivity index (χ0v) is 20.2. The maximum atomic E-state index is 15.1. The molecule has 2 aromatic carbocycles. The number of ether oxygens (including phenoxy) is 1. The fourth-order valence-electron chi connectivity index (χ4n) is 4.32. The molecule has 182 valence electrons. The molecule has 0 aliphatic carbocycles. The van der Waals surface area contributed by atoms with E-state index in [1.54, 1.807) is 12.3 Å². The number of nitrogens with one attached hydrogen (secondary N) is 2. The molecule has 7 nitrogen and oxygen atoms in total. The van der Waals surface area contributed by atoms with Crippen molar-refractivity contribution in [2.75, 3.05) is 31.5 Å².